The Morgan fingerprint density at radius 1 is 1.24 bits per heavy atom. The van der Waals surface area contributed by atoms with Crippen molar-refractivity contribution in [3.05, 3.63) is 58.3 Å². The summed E-state index contributed by atoms with van der Waals surface area (Å²) in [6, 6.07) is 11.1. The van der Waals surface area contributed by atoms with E-state index in [1.54, 1.807) is 24.3 Å². The number of carbonyl (C=O) groups excluding carboxylic acids is 1. The summed E-state index contributed by atoms with van der Waals surface area (Å²) in [4.78, 5) is 11.7. The average molecular weight is 354 g/mol. The van der Waals surface area contributed by atoms with Crippen molar-refractivity contribution in [3.63, 3.8) is 0 Å². The van der Waals surface area contributed by atoms with Gasteiger partial charge in [-0.25, -0.2) is 4.39 Å². The van der Waals surface area contributed by atoms with Crippen molar-refractivity contribution in [2.75, 3.05) is 11.9 Å². The summed E-state index contributed by atoms with van der Waals surface area (Å²) in [7, 11) is 0. The van der Waals surface area contributed by atoms with Crippen molar-refractivity contribution in [3.8, 4) is 5.75 Å². The fourth-order valence-corrected chi connectivity index (χ4v) is 1.90. The zero-order chi connectivity index (χ0) is 15.2. The van der Waals surface area contributed by atoms with E-state index >= 15 is 0 Å². The fourth-order valence-electron chi connectivity index (χ4n) is 1.63. The first kappa shape index (κ1) is 15.5. The van der Waals surface area contributed by atoms with E-state index in [1.165, 1.54) is 18.2 Å². The molecule has 1 amide bonds. The first-order chi connectivity index (χ1) is 10.1. The molecule has 2 rings (SSSR count). The van der Waals surface area contributed by atoms with Crippen molar-refractivity contribution >= 4 is 27.5 Å². The van der Waals surface area contributed by atoms with Crippen molar-refractivity contribution < 1.29 is 19.0 Å². The Morgan fingerprint density at radius 3 is 2.57 bits per heavy atom. The van der Waals surface area contributed by atoms with Crippen LogP contribution in [-0.2, 0) is 11.4 Å². The predicted octanol–water partition coefficient (Wildman–Crippen LogP) is 3.10. The maximum absolute atomic E-state index is 13.6. The van der Waals surface area contributed by atoms with Crippen LogP contribution in [0, 0.1) is 5.82 Å². The average Bonchev–Trinajstić information content (AvgIpc) is 2.48. The van der Waals surface area contributed by atoms with Crippen LogP contribution in [0.4, 0.5) is 10.1 Å². The lowest BCUT2D eigenvalue weighted by Gasteiger charge is -2.09. The van der Waals surface area contributed by atoms with Gasteiger partial charge in [-0.3, -0.25) is 4.79 Å². The van der Waals surface area contributed by atoms with Gasteiger partial charge in [-0.2, -0.15) is 0 Å². The van der Waals surface area contributed by atoms with E-state index < -0.39 is 5.82 Å². The van der Waals surface area contributed by atoms with Crippen LogP contribution in [0.5, 0.6) is 5.75 Å². The highest BCUT2D eigenvalue weighted by molar-refractivity contribution is 9.10. The molecule has 0 unspecified atom stereocenters. The van der Waals surface area contributed by atoms with Gasteiger partial charge < -0.3 is 15.2 Å². The van der Waals surface area contributed by atoms with Crippen LogP contribution >= 0.6 is 15.9 Å². The Hall–Kier alpha value is -1.92. The number of carbonyl (C=O) groups is 1. The highest BCUT2D eigenvalue weighted by Gasteiger charge is 2.08. The largest absolute Gasteiger partial charge is 0.481 e. The van der Waals surface area contributed by atoms with Crippen molar-refractivity contribution in [1.82, 2.24) is 0 Å². The Morgan fingerprint density at radius 2 is 1.95 bits per heavy atom. The van der Waals surface area contributed by atoms with Crippen LogP contribution in [0.25, 0.3) is 0 Å². The monoisotopic (exact) mass is 353 g/mol. The van der Waals surface area contributed by atoms with E-state index in [9.17, 15) is 9.18 Å². The molecule has 0 fully saturated rings. The normalized spacial score (nSPS) is 10.2. The van der Waals surface area contributed by atoms with Crippen molar-refractivity contribution in [2.45, 2.75) is 6.61 Å². The van der Waals surface area contributed by atoms with Crippen LogP contribution < -0.4 is 10.1 Å². The minimum absolute atomic E-state index is 0.0295. The van der Waals surface area contributed by atoms with Gasteiger partial charge >= 0.3 is 0 Å². The third-order valence-electron chi connectivity index (χ3n) is 2.67. The predicted molar refractivity (Wildman–Crippen MR) is 80.6 cm³/mol. The van der Waals surface area contributed by atoms with E-state index in [0.717, 1.165) is 4.47 Å². The molecule has 0 aromatic heterocycles. The molecule has 2 aromatic carbocycles. The molecule has 0 aliphatic heterocycles. The second-order valence-electron chi connectivity index (χ2n) is 4.27. The van der Waals surface area contributed by atoms with E-state index in [0.29, 0.717) is 11.3 Å². The second-order valence-corrected chi connectivity index (χ2v) is 5.18. The molecule has 4 nitrogen and oxygen atoms in total. The Balaban J connectivity index is 1.90. The number of aliphatic hydroxyl groups is 1. The fraction of sp³-hybridized carbons (Fsp3) is 0.133. The summed E-state index contributed by atoms with van der Waals surface area (Å²) in [5.41, 5.74) is 1.07. The van der Waals surface area contributed by atoms with E-state index in [-0.39, 0.29) is 24.9 Å². The number of hydrogen-bond donors (Lipinski definition) is 2. The smallest absolute Gasteiger partial charge is 0.262 e. The lowest BCUT2D eigenvalue weighted by Crippen LogP contribution is -2.20. The lowest BCUT2D eigenvalue weighted by molar-refractivity contribution is -0.118. The number of aliphatic hydroxyl groups excluding tert-OH is 1. The third-order valence-corrected chi connectivity index (χ3v) is 3.19. The van der Waals surface area contributed by atoms with Gasteiger partial charge in [0.1, 0.15) is 0 Å². The summed E-state index contributed by atoms with van der Waals surface area (Å²) in [5, 5.41) is 11.5. The minimum Gasteiger partial charge on any atom is -0.481 e. The summed E-state index contributed by atoms with van der Waals surface area (Å²) in [6.07, 6.45) is 0. The number of halogens is 2. The zero-order valence-electron chi connectivity index (χ0n) is 11.0. The van der Waals surface area contributed by atoms with E-state index in [4.69, 9.17) is 9.84 Å². The molecule has 2 N–H and O–H groups in total. The standard InChI is InChI=1S/C15H13BrFNO3/c16-11-2-4-12(5-3-11)18-15(20)9-21-14-6-1-10(8-19)7-13(14)17/h1-7,19H,8-9H2,(H,18,20). The molecular weight excluding hydrogens is 341 g/mol. The van der Waals surface area contributed by atoms with Crippen LogP contribution in [0.1, 0.15) is 5.56 Å². The molecule has 0 heterocycles. The minimum atomic E-state index is -0.613. The van der Waals surface area contributed by atoms with E-state index in [2.05, 4.69) is 21.2 Å². The molecule has 0 atom stereocenters. The zero-order valence-corrected chi connectivity index (χ0v) is 12.6. The third kappa shape index (κ3) is 4.54. The van der Waals surface area contributed by atoms with Gasteiger partial charge in [-0.15, -0.1) is 0 Å². The lowest BCUT2D eigenvalue weighted by atomic mass is 10.2. The quantitative estimate of drug-likeness (QED) is 0.868. The van der Waals surface area contributed by atoms with Gasteiger partial charge in [0, 0.05) is 10.2 Å². The SMILES string of the molecule is O=C(COc1ccc(CO)cc1F)Nc1ccc(Br)cc1. The molecule has 110 valence electrons. The summed E-state index contributed by atoms with van der Waals surface area (Å²) in [6.45, 7) is -0.549. The van der Waals surface area contributed by atoms with E-state index in [1.807, 2.05) is 0 Å². The number of rotatable bonds is 5. The molecule has 0 bridgehead atoms. The Kier molecular flexibility index (Phi) is 5.30. The molecule has 0 radical (unpaired) electrons. The summed E-state index contributed by atoms with van der Waals surface area (Å²) >= 11 is 3.30. The van der Waals surface area contributed by atoms with Gasteiger partial charge in [0.25, 0.3) is 5.91 Å². The molecule has 0 aliphatic rings. The first-order valence-corrected chi connectivity index (χ1v) is 6.95. The van der Waals surface area contributed by atoms with Crippen LogP contribution in [-0.4, -0.2) is 17.6 Å². The van der Waals surface area contributed by atoms with Crippen molar-refractivity contribution in [1.29, 1.82) is 0 Å². The molecular formula is C15H13BrFNO3. The summed E-state index contributed by atoms with van der Waals surface area (Å²) in [5.74, 6) is -1.03. The van der Waals surface area contributed by atoms with Gasteiger partial charge in [0.2, 0.25) is 0 Å². The number of amides is 1. The highest BCUT2D eigenvalue weighted by Crippen LogP contribution is 2.18. The number of hydrogen-bond acceptors (Lipinski definition) is 3. The molecule has 0 spiro atoms. The van der Waals surface area contributed by atoms with Gasteiger partial charge in [0.05, 0.1) is 6.61 Å². The molecule has 0 saturated carbocycles. The Labute approximate surface area is 129 Å². The maximum atomic E-state index is 13.6. The topological polar surface area (TPSA) is 58.6 Å². The molecule has 6 heteroatoms. The summed E-state index contributed by atoms with van der Waals surface area (Å²) < 4.78 is 19.6. The number of benzene rings is 2. The number of nitrogens with one attached hydrogen (secondary N) is 1. The number of ether oxygens (including phenoxy) is 1. The van der Waals surface area contributed by atoms with Gasteiger partial charge in [-0.05, 0) is 42.0 Å². The van der Waals surface area contributed by atoms with Crippen LogP contribution in [0.2, 0.25) is 0 Å². The maximum Gasteiger partial charge on any atom is 0.262 e. The Bertz CT molecular complexity index is 631. The molecule has 2 aromatic rings. The van der Waals surface area contributed by atoms with Crippen molar-refractivity contribution in [2.24, 2.45) is 0 Å². The highest BCUT2D eigenvalue weighted by atomic mass is 79.9. The molecule has 0 aliphatic carbocycles. The first-order valence-electron chi connectivity index (χ1n) is 6.16. The molecule has 21 heavy (non-hydrogen) atoms. The van der Waals surface area contributed by atoms with Gasteiger partial charge in [-0.1, -0.05) is 22.0 Å². The second kappa shape index (κ2) is 7.19. The molecule has 0 saturated heterocycles. The van der Waals surface area contributed by atoms with Crippen LogP contribution in [0.15, 0.2) is 46.9 Å². The van der Waals surface area contributed by atoms with Gasteiger partial charge in [0.15, 0.2) is 18.2 Å². The van der Waals surface area contributed by atoms with Crippen LogP contribution in [0.3, 0.4) is 0 Å². The number of anilines is 1.